The van der Waals surface area contributed by atoms with E-state index in [1.165, 1.54) is 12.1 Å². The maximum absolute atomic E-state index is 11.3. The summed E-state index contributed by atoms with van der Waals surface area (Å²) in [5.74, 6) is -0.574. The van der Waals surface area contributed by atoms with Crippen molar-refractivity contribution >= 4 is 11.9 Å². The number of carboxylic acids is 2. The van der Waals surface area contributed by atoms with Gasteiger partial charge in [0, 0.05) is 0 Å². The minimum atomic E-state index is -0.986. The normalized spacial score (nSPS) is 11.1. The lowest BCUT2D eigenvalue weighted by molar-refractivity contribution is 0.0273. The van der Waals surface area contributed by atoms with Crippen molar-refractivity contribution in [3.05, 3.63) is 58.7 Å². The highest BCUT2D eigenvalue weighted by atomic mass is 16.6. The highest BCUT2D eigenvalue weighted by molar-refractivity contribution is 5.89. The molecule has 0 spiro atoms. The van der Waals surface area contributed by atoms with Crippen molar-refractivity contribution in [3.63, 3.8) is 0 Å². The Morgan fingerprint density at radius 1 is 0.618 bits per heavy atom. The van der Waals surface area contributed by atoms with Gasteiger partial charge in [-0.25, -0.2) is 9.59 Å². The third kappa shape index (κ3) is 9.03. The van der Waals surface area contributed by atoms with E-state index in [0.717, 1.165) is 11.1 Å². The molecule has 186 valence electrons. The molecule has 2 rings (SSSR count). The molecule has 0 amide bonds. The molecule has 0 fully saturated rings. The van der Waals surface area contributed by atoms with Gasteiger partial charge in [0.2, 0.25) is 0 Å². The zero-order valence-electron chi connectivity index (χ0n) is 20.2. The summed E-state index contributed by atoms with van der Waals surface area (Å²) < 4.78 is 22.3. The maximum Gasteiger partial charge on any atom is 0.335 e. The third-order valence-corrected chi connectivity index (χ3v) is 5.05. The van der Waals surface area contributed by atoms with Gasteiger partial charge in [-0.3, -0.25) is 0 Å². The van der Waals surface area contributed by atoms with E-state index in [-0.39, 0.29) is 23.0 Å². The van der Waals surface area contributed by atoms with E-state index in [1.54, 1.807) is 12.1 Å². The Kier molecular flexibility index (Phi) is 10.8. The summed E-state index contributed by atoms with van der Waals surface area (Å²) in [4.78, 5) is 22.6. The standard InChI is InChI=1S/C26H34O8/c1-17(2)19-11-21(25(27)28)15-23(13-19)33-9-7-31-5-6-32-8-10-34-24-14-20(18(3)4)12-22(16-24)26(29)30/h11-18H,5-10H2,1-4H3,(H,27,28)(H,29,30). The van der Waals surface area contributed by atoms with Crippen LogP contribution in [0.5, 0.6) is 11.5 Å². The minimum Gasteiger partial charge on any atom is -0.491 e. The molecule has 0 saturated carbocycles. The second kappa shape index (κ2) is 13.6. The number of hydrogen-bond acceptors (Lipinski definition) is 6. The molecule has 8 heteroatoms. The Bertz CT molecular complexity index is 874. The molecule has 0 atom stereocenters. The number of rotatable bonds is 15. The van der Waals surface area contributed by atoms with E-state index in [0.29, 0.717) is 51.1 Å². The number of hydrogen-bond donors (Lipinski definition) is 2. The largest absolute Gasteiger partial charge is 0.491 e. The van der Waals surface area contributed by atoms with Crippen molar-refractivity contribution in [3.8, 4) is 11.5 Å². The Morgan fingerprint density at radius 2 is 0.971 bits per heavy atom. The average Bonchev–Trinajstić information content (AvgIpc) is 2.79. The van der Waals surface area contributed by atoms with Crippen LogP contribution in [0.1, 0.15) is 71.4 Å². The predicted molar refractivity (Wildman–Crippen MR) is 128 cm³/mol. The van der Waals surface area contributed by atoms with Gasteiger partial charge in [0.05, 0.1) is 37.6 Å². The SMILES string of the molecule is CC(C)c1cc(OCCOCCOCCOc2cc(C(=O)O)cc(C(C)C)c2)cc(C(=O)O)c1. The summed E-state index contributed by atoms with van der Waals surface area (Å²) in [6, 6.07) is 10.0. The van der Waals surface area contributed by atoms with Gasteiger partial charge in [-0.2, -0.15) is 0 Å². The lowest BCUT2D eigenvalue weighted by atomic mass is 10.0. The Morgan fingerprint density at radius 3 is 1.29 bits per heavy atom. The summed E-state index contributed by atoms with van der Waals surface area (Å²) in [6.45, 7) is 10.0. The van der Waals surface area contributed by atoms with E-state index >= 15 is 0 Å². The van der Waals surface area contributed by atoms with Crippen LogP contribution < -0.4 is 9.47 Å². The first-order valence-corrected chi connectivity index (χ1v) is 11.3. The first kappa shape index (κ1) is 27.1. The maximum atomic E-state index is 11.3. The zero-order chi connectivity index (χ0) is 25.1. The van der Waals surface area contributed by atoms with Crippen LogP contribution in [-0.4, -0.2) is 61.8 Å². The van der Waals surface area contributed by atoms with Crippen LogP contribution >= 0.6 is 0 Å². The fraction of sp³-hybridized carbons (Fsp3) is 0.462. The summed E-state index contributed by atoms with van der Waals surface area (Å²) in [6.07, 6.45) is 0. The number of carbonyl (C=O) groups is 2. The van der Waals surface area contributed by atoms with Crippen LogP contribution in [0, 0.1) is 0 Å². The van der Waals surface area contributed by atoms with E-state index in [1.807, 2.05) is 39.8 Å². The summed E-state index contributed by atoms with van der Waals surface area (Å²) in [5.41, 5.74) is 2.21. The molecule has 0 aliphatic heterocycles. The molecule has 0 unspecified atom stereocenters. The predicted octanol–water partition coefficient (Wildman–Crippen LogP) is 4.82. The Hall–Kier alpha value is -3.10. The number of aromatic carboxylic acids is 2. The van der Waals surface area contributed by atoms with Crippen molar-refractivity contribution < 1.29 is 38.7 Å². The summed E-state index contributed by atoms with van der Waals surface area (Å²) in [7, 11) is 0. The zero-order valence-corrected chi connectivity index (χ0v) is 20.2. The first-order valence-electron chi connectivity index (χ1n) is 11.3. The topological polar surface area (TPSA) is 112 Å². The highest BCUT2D eigenvalue weighted by Crippen LogP contribution is 2.24. The third-order valence-electron chi connectivity index (χ3n) is 5.05. The molecular formula is C26H34O8. The quantitative estimate of drug-likeness (QED) is 0.353. The van der Waals surface area contributed by atoms with Gasteiger partial charge in [0.15, 0.2) is 0 Å². The van der Waals surface area contributed by atoms with Crippen LogP contribution in [0.25, 0.3) is 0 Å². The monoisotopic (exact) mass is 474 g/mol. The van der Waals surface area contributed by atoms with Crippen LogP contribution in [0.4, 0.5) is 0 Å². The number of carboxylic acid groups (broad SMARTS) is 2. The molecule has 0 saturated heterocycles. The smallest absolute Gasteiger partial charge is 0.335 e. The molecule has 0 aromatic heterocycles. The second-order valence-electron chi connectivity index (χ2n) is 8.42. The fourth-order valence-corrected chi connectivity index (χ4v) is 3.08. The van der Waals surface area contributed by atoms with Gasteiger partial charge in [-0.05, 0) is 59.4 Å². The van der Waals surface area contributed by atoms with Crippen LogP contribution in [-0.2, 0) is 9.47 Å². The van der Waals surface area contributed by atoms with E-state index < -0.39 is 11.9 Å². The second-order valence-corrected chi connectivity index (χ2v) is 8.42. The summed E-state index contributed by atoms with van der Waals surface area (Å²) in [5, 5.41) is 18.5. The molecule has 0 radical (unpaired) electrons. The molecule has 0 aliphatic rings. The van der Waals surface area contributed by atoms with Crippen molar-refractivity contribution in [1.29, 1.82) is 0 Å². The van der Waals surface area contributed by atoms with Crippen LogP contribution in [0.2, 0.25) is 0 Å². The number of benzene rings is 2. The van der Waals surface area contributed by atoms with Crippen molar-refractivity contribution in [2.75, 3.05) is 39.6 Å². The van der Waals surface area contributed by atoms with Crippen LogP contribution in [0.15, 0.2) is 36.4 Å². The van der Waals surface area contributed by atoms with Gasteiger partial charge in [-0.1, -0.05) is 27.7 Å². The van der Waals surface area contributed by atoms with Gasteiger partial charge in [0.1, 0.15) is 24.7 Å². The Balaban J connectivity index is 1.63. The lowest BCUT2D eigenvalue weighted by Crippen LogP contribution is -2.14. The highest BCUT2D eigenvalue weighted by Gasteiger charge is 2.11. The molecule has 8 nitrogen and oxygen atoms in total. The number of ether oxygens (including phenoxy) is 4. The van der Waals surface area contributed by atoms with E-state index in [9.17, 15) is 19.8 Å². The molecule has 0 aliphatic carbocycles. The van der Waals surface area contributed by atoms with E-state index in [4.69, 9.17) is 18.9 Å². The van der Waals surface area contributed by atoms with Gasteiger partial charge < -0.3 is 29.2 Å². The minimum absolute atomic E-state index is 0.192. The molecular weight excluding hydrogens is 440 g/mol. The molecule has 2 aromatic rings. The van der Waals surface area contributed by atoms with Gasteiger partial charge in [0.25, 0.3) is 0 Å². The molecule has 0 bridgehead atoms. The molecule has 2 N–H and O–H groups in total. The first-order chi connectivity index (χ1) is 16.2. The van der Waals surface area contributed by atoms with Crippen LogP contribution in [0.3, 0.4) is 0 Å². The lowest BCUT2D eigenvalue weighted by Gasteiger charge is -2.13. The summed E-state index contributed by atoms with van der Waals surface area (Å²) >= 11 is 0. The van der Waals surface area contributed by atoms with Crippen molar-refractivity contribution in [2.45, 2.75) is 39.5 Å². The van der Waals surface area contributed by atoms with Gasteiger partial charge in [-0.15, -0.1) is 0 Å². The fourth-order valence-electron chi connectivity index (χ4n) is 3.08. The molecule has 2 aromatic carbocycles. The van der Waals surface area contributed by atoms with Crippen molar-refractivity contribution in [2.24, 2.45) is 0 Å². The molecule has 34 heavy (non-hydrogen) atoms. The average molecular weight is 475 g/mol. The van der Waals surface area contributed by atoms with Crippen molar-refractivity contribution in [1.82, 2.24) is 0 Å². The van der Waals surface area contributed by atoms with E-state index in [2.05, 4.69) is 0 Å². The Labute approximate surface area is 200 Å². The molecule has 0 heterocycles. The van der Waals surface area contributed by atoms with Gasteiger partial charge >= 0.3 is 11.9 Å².